The molecule has 0 aromatic heterocycles. The summed E-state index contributed by atoms with van der Waals surface area (Å²) in [6.45, 7) is 0. The average molecular weight is 272 g/mol. The van der Waals surface area contributed by atoms with Crippen molar-refractivity contribution in [3.8, 4) is 0 Å². The smallest absolute Gasteiger partial charge is 0.196 e. The predicted octanol–water partition coefficient (Wildman–Crippen LogP) is 3.61. The van der Waals surface area contributed by atoms with Gasteiger partial charge in [-0.25, -0.2) is 22.0 Å². The fraction of sp³-hybridized carbons (Fsp3) is 0. The lowest BCUT2D eigenvalue weighted by molar-refractivity contribution is 0.103. The molecule has 19 heavy (non-hydrogen) atoms. The largest absolute Gasteiger partial charge is 0.288 e. The zero-order valence-corrected chi connectivity index (χ0v) is 9.18. The maximum absolute atomic E-state index is 13.4. The van der Waals surface area contributed by atoms with Gasteiger partial charge in [0.05, 0.1) is 5.56 Å². The van der Waals surface area contributed by atoms with E-state index in [1.165, 1.54) is 0 Å². The maximum atomic E-state index is 13.4. The standard InChI is InChI=1S/C13H5F5O/c14-7-1-6(2-8(15)3-7)13(19)9-4-11(17)12(18)5-10(9)16/h1-5H. The Morgan fingerprint density at radius 3 is 1.79 bits per heavy atom. The van der Waals surface area contributed by atoms with Gasteiger partial charge in [-0.15, -0.1) is 0 Å². The van der Waals surface area contributed by atoms with Crippen LogP contribution in [0.15, 0.2) is 30.3 Å². The maximum Gasteiger partial charge on any atom is 0.196 e. The molecular formula is C13H5F5O. The topological polar surface area (TPSA) is 17.1 Å². The summed E-state index contributed by atoms with van der Waals surface area (Å²) in [7, 11) is 0. The van der Waals surface area contributed by atoms with E-state index in [4.69, 9.17) is 0 Å². The van der Waals surface area contributed by atoms with E-state index >= 15 is 0 Å². The molecule has 0 aliphatic heterocycles. The lowest BCUT2D eigenvalue weighted by Crippen LogP contribution is -2.07. The van der Waals surface area contributed by atoms with Crippen LogP contribution in [0.25, 0.3) is 0 Å². The third-order valence-corrected chi connectivity index (χ3v) is 2.38. The van der Waals surface area contributed by atoms with E-state index in [0.717, 1.165) is 0 Å². The molecule has 0 amide bonds. The molecule has 6 heteroatoms. The number of halogens is 5. The van der Waals surface area contributed by atoms with Crippen LogP contribution in [0.2, 0.25) is 0 Å². The van der Waals surface area contributed by atoms with Gasteiger partial charge in [-0.05, 0) is 18.2 Å². The molecule has 0 saturated carbocycles. The van der Waals surface area contributed by atoms with Gasteiger partial charge in [-0.2, -0.15) is 0 Å². The number of carbonyl (C=O) groups is 1. The van der Waals surface area contributed by atoms with Crippen molar-refractivity contribution >= 4 is 5.78 Å². The van der Waals surface area contributed by atoms with Crippen LogP contribution in [0, 0.1) is 29.1 Å². The van der Waals surface area contributed by atoms with Gasteiger partial charge in [-0.3, -0.25) is 4.79 Å². The summed E-state index contributed by atoms with van der Waals surface area (Å²) in [6, 6.07) is 2.41. The average Bonchev–Trinajstić information content (AvgIpc) is 2.31. The van der Waals surface area contributed by atoms with Gasteiger partial charge in [0.1, 0.15) is 17.5 Å². The molecule has 0 fully saturated rings. The highest BCUT2D eigenvalue weighted by molar-refractivity contribution is 6.09. The molecule has 0 atom stereocenters. The van der Waals surface area contributed by atoms with Gasteiger partial charge in [-0.1, -0.05) is 0 Å². The molecule has 0 spiro atoms. The fourth-order valence-corrected chi connectivity index (χ4v) is 1.54. The van der Waals surface area contributed by atoms with Crippen molar-refractivity contribution in [1.82, 2.24) is 0 Å². The van der Waals surface area contributed by atoms with Crippen LogP contribution < -0.4 is 0 Å². The van der Waals surface area contributed by atoms with Crippen molar-refractivity contribution in [3.63, 3.8) is 0 Å². The molecule has 0 saturated heterocycles. The summed E-state index contributed by atoms with van der Waals surface area (Å²) in [5, 5.41) is 0. The van der Waals surface area contributed by atoms with Crippen molar-refractivity contribution in [3.05, 3.63) is 70.5 Å². The van der Waals surface area contributed by atoms with Crippen LogP contribution in [-0.2, 0) is 0 Å². The number of carbonyl (C=O) groups excluding carboxylic acids is 1. The Balaban J connectivity index is 2.53. The normalized spacial score (nSPS) is 10.6. The molecule has 0 N–H and O–H groups in total. The van der Waals surface area contributed by atoms with Crippen LogP contribution in [0.3, 0.4) is 0 Å². The zero-order chi connectivity index (χ0) is 14.2. The highest BCUT2D eigenvalue weighted by Gasteiger charge is 2.19. The van der Waals surface area contributed by atoms with E-state index in [1.54, 1.807) is 0 Å². The summed E-state index contributed by atoms with van der Waals surface area (Å²) in [5.41, 5.74) is -1.30. The number of rotatable bonds is 2. The Labute approximate surface area is 104 Å². The number of hydrogen-bond donors (Lipinski definition) is 0. The molecule has 0 radical (unpaired) electrons. The number of benzene rings is 2. The molecule has 0 heterocycles. The second kappa shape index (κ2) is 4.79. The first kappa shape index (κ1) is 13.2. The van der Waals surface area contributed by atoms with Crippen LogP contribution in [0.1, 0.15) is 15.9 Å². The minimum absolute atomic E-state index is 0.193. The van der Waals surface area contributed by atoms with Gasteiger partial charge in [0.25, 0.3) is 0 Å². The molecule has 0 unspecified atom stereocenters. The third kappa shape index (κ3) is 2.62. The monoisotopic (exact) mass is 272 g/mol. The summed E-state index contributed by atoms with van der Waals surface area (Å²) in [6.07, 6.45) is 0. The summed E-state index contributed by atoms with van der Waals surface area (Å²) in [5.74, 6) is -7.41. The van der Waals surface area contributed by atoms with E-state index < -0.39 is 46.0 Å². The van der Waals surface area contributed by atoms with Crippen molar-refractivity contribution in [1.29, 1.82) is 0 Å². The molecule has 2 aromatic rings. The first-order chi connectivity index (χ1) is 8.88. The molecule has 0 bridgehead atoms. The van der Waals surface area contributed by atoms with E-state index in [2.05, 4.69) is 0 Å². The Bertz CT molecular complexity index is 646. The van der Waals surface area contributed by atoms with Gasteiger partial charge in [0.2, 0.25) is 0 Å². The Morgan fingerprint density at radius 1 is 0.684 bits per heavy atom. The molecule has 2 rings (SSSR count). The van der Waals surface area contributed by atoms with Crippen LogP contribution in [-0.4, -0.2) is 5.78 Å². The minimum Gasteiger partial charge on any atom is -0.288 e. The van der Waals surface area contributed by atoms with Crippen LogP contribution in [0.5, 0.6) is 0 Å². The molecule has 0 aliphatic rings. The molecular weight excluding hydrogens is 267 g/mol. The SMILES string of the molecule is O=C(c1cc(F)cc(F)c1)c1cc(F)c(F)cc1F. The van der Waals surface area contributed by atoms with Gasteiger partial charge in [0.15, 0.2) is 17.4 Å². The fourth-order valence-electron chi connectivity index (χ4n) is 1.54. The van der Waals surface area contributed by atoms with Crippen LogP contribution in [0.4, 0.5) is 22.0 Å². The van der Waals surface area contributed by atoms with Gasteiger partial charge >= 0.3 is 0 Å². The van der Waals surface area contributed by atoms with E-state index in [9.17, 15) is 26.7 Å². The number of hydrogen-bond acceptors (Lipinski definition) is 1. The molecule has 1 nitrogen and oxygen atoms in total. The lowest BCUT2D eigenvalue weighted by Gasteiger charge is -2.04. The second-order valence-electron chi connectivity index (χ2n) is 3.73. The zero-order valence-electron chi connectivity index (χ0n) is 9.18. The van der Waals surface area contributed by atoms with Crippen molar-refractivity contribution in [2.45, 2.75) is 0 Å². The lowest BCUT2D eigenvalue weighted by atomic mass is 10.0. The Kier molecular flexibility index (Phi) is 3.33. The summed E-state index contributed by atoms with van der Waals surface area (Å²) >= 11 is 0. The quantitative estimate of drug-likeness (QED) is 0.463. The van der Waals surface area contributed by atoms with Gasteiger partial charge in [0, 0.05) is 17.7 Å². The van der Waals surface area contributed by atoms with Crippen molar-refractivity contribution < 1.29 is 26.7 Å². The predicted molar refractivity (Wildman–Crippen MR) is 56.1 cm³/mol. The van der Waals surface area contributed by atoms with Gasteiger partial charge < -0.3 is 0 Å². The van der Waals surface area contributed by atoms with Crippen molar-refractivity contribution in [2.24, 2.45) is 0 Å². The molecule has 0 aliphatic carbocycles. The van der Waals surface area contributed by atoms with E-state index in [1.807, 2.05) is 0 Å². The molecule has 2 aromatic carbocycles. The second-order valence-corrected chi connectivity index (χ2v) is 3.73. The molecule has 98 valence electrons. The third-order valence-electron chi connectivity index (χ3n) is 2.38. The minimum atomic E-state index is -1.46. The Hall–Kier alpha value is -2.24. The van der Waals surface area contributed by atoms with E-state index in [0.29, 0.717) is 24.3 Å². The Morgan fingerprint density at radius 2 is 1.21 bits per heavy atom. The highest BCUT2D eigenvalue weighted by Crippen LogP contribution is 2.19. The van der Waals surface area contributed by atoms with E-state index in [-0.39, 0.29) is 6.07 Å². The first-order valence-corrected chi connectivity index (χ1v) is 5.04. The van der Waals surface area contributed by atoms with Crippen LogP contribution >= 0.6 is 0 Å². The van der Waals surface area contributed by atoms with Crippen molar-refractivity contribution in [2.75, 3.05) is 0 Å². The summed E-state index contributed by atoms with van der Waals surface area (Å²) < 4.78 is 64.9. The number of ketones is 1. The highest BCUT2D eigenvalue weighted by atomic mass is 19.2. The summed E-state index contributed by atoms with van der Waals surface area (Å²) in [4.78, 5) is 11.8. The first-order valence-electron chi connectivity index (χ1n) is 5.04.